The summed E-state index contributed by atoms with van der Waals surface area (Å²) in [5, 5.41) is 2.97. The molecule has 0 fully saturated rings. The fraction of sp³-hybridized carbons (Fsp3) is 0. The highest BCUT2D eigenvalue weighted by Crippen LogP contribution is 2.35. The molecule has 0 aliphatic rings. The molecule has 4 aromatic carbocycles. The third kappa shape index (κ3) is 4.87. The zero-order chi connectivity index (χ0) is 31.2. The van der Waals surface area contributed by atoms with Crippen LogP contribution in [0.1, 0.15) is 0 Å². The molecule has 9 aromatic rings. The van der Waals surface area contributed by atoms with Gasteiger partial charge in [0.05, 0.1) is 11.4 Å². The van der Waals surface area contributed by atoms with Crippen LogP contribution in [0.4, 0.5) is 0 Å². The van der Waals surface area contributed by atoms with Crippen molar-refractivity contribution in [1.82, 2.24) is 29.9 Å². The van der Waals surface area contributed by atoms with Crippen LogP contribution < -0.4 is 0 Å². The van der Waals surface area contributed by atoms with E-state index >= 15 is 0 Å². The number of aromatic nitrogens is 6. The molecule has 7 heteroatoms. The highest BCUT2D eigenvalue weighted by Gasteiger charge is 2.16. The lowest BCUT2D eigenvalue weighted by atomic mass is 9.99. The Morgan fingerprint density at radius 2 is 1.00 bits per heavy atom. The van der Waals surface area contributed by atoms with Crippen LogP contribution in [0, 0.1) is 0 Å². The topological polar surface area (TPSA) is 90.5 Å². The van der Waals surface area contributed by atoms with E-state index in [9.17, 15) is 0 Å². The minimum atomic E-state index is 0.606. The average molecular weight is 605 g/mol. The molecule has 0 aliphatic carbocycles. The smallest absolute Gasteiger partial charge is 0.164 e. The molecule has 9 rings (SSSR count). The molecule has 0 unspecified atom stereocenters. The first-order chi connectivity index (χ1) is 23.3. The van der Waals surface area contributed by atoms with Crippen LogP contribution in [0.3, 0.4) is 0 Å². The van der Waals surface area contributed by atoms with E-state index in [4.69, 9.17) is 29.3 Å². The third-order valence-electron chi connectivity index (χ3n) is 8.26. The van der Waals surface area contributed by atoms with Crippen molar-refractivity contribution < 1.29 is 4.42 Å². The first kappa shape index (κ1) is 26.8. The van der Waals surface area contributed by atoms with Crippen LogP contribution in [0.25, 0.3) is 89.7 Å². The molecule has 5 aromatic heterocycles. The second-order valence-corrected chi connectivity index (χ2v) is 11.2. The molecule has 5 heterocycles. The number of nitrogens with zero attached hydrogens (tertiary/aromatic N) is 6. The molecule has 220 valence electrons. The number of rotatable bonds is 5. The molecule has 0 aliphatic heterocycles. The zero-order valence-electron chi connectivity index (χ0n) is 24.9. The highest BCUT2D eigenvalue weighted by molar-refractivity contribution is 6.05. The number of benzene rings is 4. The number of pyridine rings is 3. The summed E-state index contributed by atoms with van der Waals surface area (Å²) in [6.45, 7) is 0. The van der Waals surface area contributed by atoms with Gasteiger partial charge in [-0.15, -0.1) is 0 Å². The second kappa shape index (κ2) is 11.1. The van der Waals surface area contributed by atoms with Gasteiger partial charge in [-0.25, -0.2) is 24.9 Å². The number of hydrogen-bond acceptors (Lipinski definition) is 7. The van der Waals surface area contributed by atoms with Gasteiger partial charge in [-0.3, -0.25) is 4.98 Å². The zero-order valence-corrected chi connectivity index (χ0v) is 24.9. The van der Waals surface area contributed by atoms with Gasteiger partial charge in [0.25, 0.3) is 0 Å². The van der Waals surface area contributed by atoms with Crippen molar-refractivity contribution in [3.63, 3.8) is 0 Å². The standard InChI is InChI=1S/C40H24N6O/c1-3-10-26(11-4-1)37-44-38(27-12-5-2-6-13-27)46-39(45-37)28-19-17-25(18-20-28)31-22-34(43-40-30(31)15-9-21-41-40)33-23-36-32(24-42-33)29-14-7-8-16-35(29)47-36/h1-24H. The molecule has 0 amide bonds. The summed E-state index contributed by atoms with van der Waals surface area (Å²) < 4.78 is 6.15. The lowest BCUT2D eigenvalue weighted by Gasteiger charge is -2.11. The molecular formula is C40H24N6O. The quantitative estimate of drug-likeness (QED) is 0.193. The molecule has 0 atom stereocenters. The van der Waals surface area contributed by atoms with E-state index in [-0.39, 0.29) is 0 Å². The van der Waals surface area contributed by atoms with Crippen molar-refractivity contribution in [1.29, 1.82) is 0 Å². The number of fused-ring (bicyclic) bond motifs is 4. The van der Waals surface area contributed by atoms with Gasteiger partial charge < -0.3 is 4.42 Å². The van der Waals surface area contributed by atoms with E-state index in [2.05, 4.69) is 35.3 Å². The first-order valence-electron chi connectivity index (χ1n) is 15.3. The van der Waals surface area contributed by atoms with Gasteiger partial charge in [-0.2, -0.15) is 0 Å². The first-order valence-corrected chi connectivity index (χ1v) is 15.3. The maximum absolute atomic E-state index is 6.15. The lowest BCUT2D eigenvalue weighted by Crippen LogP contribution is -2.00. The molecule has 0 spiro atoms. The monoisotopic (exact) mass is 604 g/mol. The average Bonchev–Trinajstić information content (AvgIpc) is 3.53. The van der Waals surface area contributed by atoms with Gasteiger partial charge in [0.1, 0.15) is 11.2 Å². The Hall–Kier alpha value is -6.60. The minimum Gasteiger partial charge on any atom is -0.456 e. The van der Waals surface area contributed by atoms with Gasteiger partial charge in [-0.1, -0.05) is 103 Å². The summed E-state index contributed by atoms with van der Waals surface area (Å²) in [7, 11) is 0. The van der Waals surface area contributed by atoms with Gasteiger partial charge in [0, 0.05) is 51.3 Å². The number of para-hydroxylation sites is 1. The SMILES string of the molecule is c1ccc(-c2nc(-c3ccccc3)nc(-c3ccc(-c4cc(-c5cc6oc7ccccc7c6cn5)nc5ncccc45)cc3)n2)cc1. The predicted octanol–water partition coefficient (Wildman–Crippen LogP) is 9.44. The summed E-state index contributed by atoms with van der Waals surface area (Å²) in [4.78, 5) is 28.9. The van der Waals surface area contributed by atoms with Gasteiger partial charge in [0.15, 0.2) is 23.1 Å². The van der Waals surface area contributed by atoms with E-state index < -0.39 is 0 Å². The van der Waals surface area contributed by atoms with Crippen LogP contribution in [0.2, 0.25) is 0 Å². The summed E-state index contributed by atoms with van der Waals surface area (Å²) in [5.41, 5.74) is 8.46. The lowest BCUT2D eigenvalue weighted by molar-refractivity contribution is 0.668. The maximum atomic E-state index is 6.15. The van der Waals surface area contributed by atoms with E-state index in [1.165, 1.54) is 0 Å². The van der Waals surface area contributed by atoms with Gasteiger partial charge in [-0.05, 0) is 35.4 Å². The number of hydrogen-bond donors (Lipinski definition) is 0. The van der Waals surface area contributed by atoms with Gasteiger partial charge in [0.2, 0.25) is 0 Å². The molecule has 47 heavy (non-hydrogen) atoms. The van der Waals surface area contributed by atoms with Crippen molar-refractivity contribution in [2.75, 3.05) is 0 Å². The molecule has 0 saturated carbocycles. The highest BCUT2D eigenvalue weighted by atomic mass is 16.3. The summed E-state index contributed by atoms with van der Waals surface area (Å²) in [6.07, 6.45) is 3.62. The summed E-state index contributed by atoms with van der Waals surface area (Å²) >= 11 is 0. The fourth-order valence-corrected chi connectivity index (χ4v) is 5.92. The van der Waals surface area contributed by atoms with Crippen LogP contribution in [-0.2, 0) is 0 Å². The Morgan fingerprint density at radius 3 is 1.70 bits per heavy atom. The molecular weight excluding hydrogens is 580 g/mol. The van der Waals surface area contributed by atoms with Crippen molar-refractivity contribution in [2.45, 2.75) is 0 Å². The van der Waals surface area contributed by atoms with Crippen LogP contribution in [0.15, 0.2) is 150 Å². The summed E-state index contributed by atoms with van der Waals surface area (Å²) in [5.74, 6) is 1.86. The van der Waals surface area contributed by atoms with E-state index in [1.807, 2.05) is 109 Å². The molecule has 7 nitrogen and oxygen atoms in total. The fourth-order valence-electron chi connectivity index (χ4n) is 5.92. The second-order valence-electron chi connectivity index (χ2n) is 11.2. The Bertz CT molecular complexity index is 2510. The summed E-state index contributed by atoms with van der Waals surface area (Å²) in [6, 6.07) is 44.2. The van der Waals surface area contributed by atoms with Crippen molar-refractivity contribution in [2.24, 2.45) is 0 Å². The van der Waals surface area contributed by atoms with Crippen molar-refractivity contribution in [3.8, 4) is 56.7 Å². The van der Waals surface area contributed by atoms with Crippen molar-refractivity contribution >= 4 is 33.0 Å². The maximum Gasteiger partial charge on any atom is 0.164 e. The Balaban J connectivity index is 1.14. The Morgan fingerprint density at radius 1 is 0.404 bits per heavy atom. The molecule has 0 bridgehead atoms. The Kier molecular flexibility index (Phi) is 6.31. The predicted molar refractivity (Wildman–Crippen MR) is 185 cm³/mol. The van der Waals surface area contributed by atoms with Gasteiger partial charge >= 0.3 is 0 Å². The van der Waals surface area contributed by atoms with Crippen LogP contribution in [0.5, 0.6) is 0 Å². The van der Waals surface area contributed by atoms with Crippen molar-refractivity contribution in [3.05, 3.63) is 146 Å². The Labute approximate surface area is 269 Å². The van der Waals surface area contributed by atoms with E-state index in [0.29, 0.717) is 28.8 Å². The normalized spacial score (nSPS) is 11.4. The molecule has 0 saturated heterocycles. The third-order valence-corrected chi connectivity index (χ3v) is 8.26. The van der Waals surface area contributed by atoms with Crippen LogP contribution >= 0.6 is 0 Å². The molecule has 0 radical (unpaired) electrons. The van der Waals surface area contributed by atoms with E-state index in [0.717, 1.165) is 60.8 Å². The van der Waals surface area contributed by atoms with E-state index in [1.54, 1.807) is 6.20 Å². The van der Waals surface area contributed by atoms with Crippen LogP contribution in [-0.4, -0.2) is 29.9 Å². The molecule has 0 N–H and O–H groups in total. The minimum absolute atomic E-state index is 0.606. The largest absolute Gasteiger partial charge is 0.456 e. The number of furan rings is 1.